The number of primary amides is 1. The average Bonchev–Trinajstić information content (AvgIpc) is 3.15. The van der Waals surface area contributed by atoms with Crippen LogP contribution < -0.4 is 5.73 Å². The van der Waals surface area contributed by atoms with E-state index in [0.717, 1.165) is 51.1 Å². The molecule has 3 heterocycles. The van der Waals surface area contributed by atoms with E-state index in [0.29, 0.717) is 23.6 Å². The van der Waals surface area contributed by atoms with Gasteiger partial charge in [0.15, 0.2) is 0 Å². The molecule has 4 atom stereocenters. The fraction of sp³-hybridized carbons (Fsp3) is 0.684. The van der Waals surface area contributed by atoms with Crippen LogP contribution in [-0.2, 0) is 15.1 Å². The Bertz CT molecular complexity index is 631. The monoisotopic (exact) mass is 345 g/mol. The highest BCUT2D eigenvalue weighted by atomic mass is 16.5. The Balaban J connectivity index is 1.69. The van der Waals surface area contributed by atoms with Crippen molar-refractivity contribution in [3.8, 4) is 0 Å². The Labute approximate surface area is 148 Å². The fourth-order valence-electron chi connectivity index (χ4n) is 5.31. The molecule has 3 aliphatic rings. The van der Waals surface area contributed by atoms with Crippen LogP contribution in [0.4, 0.5) is 0 Å². The Morgan fingerprint density at radius 2 is 2.12 bits per heavy atom. The molecule has 0 unspecified atom stereocenters. The third kappa shape index (κ3) is 2.76. The van der Waals surface area contributed by atoms with E-state index in [1.807, 2.05) is 19.2 Å². The van der Waals surface area contributed by atoms with Gasteiger partial charge in [0.1, 0.15) is 11.3 Å². The number of fused-ring (bicyclic) bond motifs is 2. The lowest BCUT2D eigenvalue weighted by molar-refractivity contribution is -0.174. The standard InChI is InChI=1S/C19H27N3O3/c1-24-19(13-5-7-21-17(9-13)18(20)23)14-3-2-4-15(19)11-22(10-14)16-6-8-25-12-16/h5,7,9,14-16H,2-4,6,8,10-12H2,1H3,(H2,20,23)/t14-,15+,16-,19-/m1/s1. The summed E-state index contributed by atoms with van der Waals surface area (Å²) in [4.78, 5) is 18.3. The fourth-order valence-corrected chi connectivity index (χ4v) is 5.31. The zero-order valence-electron chi connectivity index (χ0n) is 14.8. The Kier molecular flexibility index (Phi) is 4.52. The largest absolute Gasteiger partial charge is 0.380 e. The zero-order chi connectivity index (χ0) is 17.4. The number of carbonyl (C=O) groups excluding carboxylic acids is 1. The number of rotatable bonds is 4. The van der Waals surface area contributed by atoms with Crippen molar-refractivity contribution in [1.82, 2.24) is 9.88 Å². The number of carbonyl (C=O) groups is 1. The minimum Gasteiger partial charge on any atom is -0.380 e. The number of amides is 1. The molecule has 25 heavy (non-hydrogen) atoms. The highest BCUT2D eigenvalue weighted by Gasteiger charge is 2.54. The number of aromatic nitrogens is 1. The molecule has 6 nitrogen and oxygen atoms in total. The summed E-state index contributed by atoms with van der Waals surface area (Å²) in [5.74, 6) is 0.334. The van der Waals surface area contributed by atoms with Crippen molar-refractivity contribution in [2.24, 2.45) is 17.6 Å². The number of nitrogens with two attached hydrogens (primary N) is 1. The minimum absolute atomic E-state index is 0.318. The van der Waals surface area contributed by atoms with E-state index in [9.17, 15) is 4.79 Å². The zero-order valence-corrected chi connectivity index (χ0v) is 14.8. The van der Waals surface area contributed by atoms with Crippen molar-refractivity contribution in [3.05, 3.63) is 29.6 Å². The first-order valence-electron chi connectivity index (χ1n) is 9.28. The smallest absolute Gasteiger partial charge is 0.267 e. The molecular weight excluding hydrogens is 318 g/mol. The van der Waals surface area contributed by atoms with Gasteiger partial charge < -0.3 is 15.2 Å². The van der Waals surface area contributed by atoms with Gasteiger partial charge >= 0.3 is 0 Å². The van der Waals surface area contributed by atoms with Crippen LogP contribution in [0, 0.1) is 11.8 Å². The molecule has 2 N–H and O–H groups in total. The number of methoxy groups -OCH3 is 1. The van der Waals surface area contributed by atoms with Crippen molar-refractivity contribution < 1.29 is 14.3 Å². The van der Waals surface area contributed by atoms with E-state index in [-0.39, 0.29) is 5.60 Å². The van der Waals surface area contributed by atoms with Crippen LogP contribution in [0.1, 0.15) is 41.7 Å². The van der Waals surface area contributed by atoms with Crippen molar-refractivity contribution in [2.75, 3.05) is 33.4 Å². The lowest BCUT2D eigenvalue weighted by Crippen LogP contribution is -2.61. The SMILES string of the molecule is CO[C@]1(c2ccnc(C(N)=O)c2)[C@@H]2CCC[C@H]1CN([C@@H]1CCOC1)C2. The Morgan fingerprint density at radius 3 is 2.72 bits per heavy atom. The normalized spacial score (nSPS) is 35.6. The molecule has 1 aromatic rings. The maximum Gasteiger partial charge on any atom is 0.267 e. The van der Waals surface area contributed by atoms with Crippen molar-refractivity contribution >= 4 is 5.91 Å². The molecule has 4 rings (SSSR count). The van der Waals surface area contributed by atoms with Gasteiger partial charge in [-0.25, -0.2) is 0 Å². The highest BCUT2D eigenvalue weighted by Crippen LogP contribution is 2.52. The van der Waals surface area contributed by atoms with Gasteiger partial charge in [-0.1, -0.05) is 6.42 Å². The molecule has 0 aromatic carbocycles. The first-order valence-corrected chi connectivity index (χ1v) is 9.28. The number of ether oxygens (including phenoxy) is 2. The molecule has 6 heteroatoms. The van der Waals surface area contributed by atoms with Crippen molar-refractivity contribution in [2.45, 2.75) is 37.3 Å². The average molecular weight is 345 g/mol. The van der Waals surface area contributed by atoms with Gasteiger partial charge in [0.25, 0.3) is 5.91 Å². The maximum absolute atomic E-state index is 11.6. The van der Waals surface area contributed by atoms with E-state index in [1.54, 1.807) is 6.20 Å². The van der Waals surface area contributed by atoms with E-state index in [1.165, 1.54) is 6.42 Å². The van der Waals surface area contributed by atoms with Crippen LogP contribution >= 0.6 is 0 Å². The van der Waals surface area contributed by atoms with Gasteiger partial charge in [-0.15, -0.1) is 0 Å². The summed E-state index contributed by atoms with van der Waals surface area (Å²) in [7, 11) is 1.81. The summed E-state index contributed by atoms with van der Waals surface area (Å²) in [6, 6.07) is 4.37. The Hall–Kier alpha value is -1.50. The molecule has 1 aromatic heterocycles. The number of nitrogens with zero attached hydrogens (tertiary/aromatic N) is 2. The molecule has 2 bridgehead atoms. The second-order valence-electron chi connectivity index (χ2n) is 7.59. The summed E-state index contributed by atoms with van der Waals surface area (Å²) < 4.78 is 11.8. The van der Waals surface area contributed by atoms with Gasteiger partial charge in [0.05, 0.1) is 6.61 Å². The van der Waals surface area contributed by atoms with Crippen molar-refractivity contribution in [3.63, 3.8) is 0 Å². The van der Waals surface area contributed by atoms with Crippen molar-refractivity contribution in [1.29, 1.82) is 0 Å². The molecule has 1 aliphatic carbocycles. The van der Waals surface area contributed by atoms with E-state index < -0.39 is 5.91 Å². The molecule has 3 fully saturated rings. The van der Waals surface area contributed by atoms with Gasteiger partial charge in [-0.05, 0) is 37.0 Å². The lowest BCUT2D eigenvalue weighted by Gasteiger charge is -2.56. The topological polar surface area (TPSA) is 77.7 Å². The van der Waals surface area contributed by atoms with Crippen LogP contribution in [0.15, 0.2) is 18.3 Å². The van der Waals surface area contributed by atoms with E-state index in [2.05, 4.69) is 9.88 Å². The minimum atomic E-state index is -0.487. The van der Waals surface area contributed by atoms with Gasteiger partial charge in [-0.2, -0.15) is 0 Å². The molecule has 2 saturated heterocycles. The second kappa shape index (κ2) is 6.67. The van der Waals surface area contributed by atoms with Gasteiger partial charge in [-0.3, -0.25) is 14.7 Å². The molecule has 1 saturated carbocycles. The summed E-state index contributed by atoms with van der Waals surface area (Å²) in [5.41, 5.74) is 6.48. The highest BCUT2D eigenvalue weighted by molar-refractivity contribution is 5.90. The van der Waals surface area contributed by atoms with Crippen LogP contribution in [-0.4, -0.2) is 55.2 Å². The quantitative estimate of drug-likeness (QED) is 0.896. The second-order valence-corrected chi connectivity index (χ2v) is 7.59. The third-order valence-electron chi connectivity index (χ3n) is 6.45. The predicted molar refractivity (Wildman–Crippen MR) is 93.1 cm³/mol. The van der Waals surface area contributed by atoms with Crippen LogP contribution in [0.5, 0.6) is 0 Å². The number of hydrogen-bond acceptors (Lipinski definition) is 5. The maximum atomic E-state index is 11.6. The summed E-state index contributed by atoms with van der Waals surface area (Å²) in [6.45, 7) is 3.76. The molecule has 2 aliphatic heterocycles. The number of piperidine rings is 1. The molecule has 0 radical (unpaired) electrons. The van der Waals surface area contributed by atoms with E-state index >= 15 is 0 Å². The summed E-state index contributed by atoms with van der Waals surface area (Å²) >= 11 is 0. The number of likely N-dealkylation sites (tertiary alicyclic amines) is 1. The Morgan fingerprint density at radius 1 is 1.36 bits per heavy atom. The summed E-state index contributed by atoms with van der Waals surface area (Å²) in [6.07, 6.45) is 6.33. The molecule has 0 spiro atoms. The first kappa shape index (κ1) is 16.9. The lowest BCUT2D eigenvalue weighted by atomic mass is 9.62. The van der Waals surface area contributed by atoms with Crippen LogP contribution in [0.25, 0.3) is 0 Å². The van der Waals surface area contributed by atoms with Crippen LogP contribution in [0.3, 0.4) is 0 Å². The molecular formula is C19H27N3O3. The molecule has 1 amide bonds. The summed E-state index contributed by atoms with van der Waals surface area (Å²) in [5, 5.41) is 0. The number of pyridine rings is 1. The molecule has 136 valence electrons. The van der Waals surface area contributed by atoms with E-state index in [4.69, 9.17) is 15.2 Å². The predicted octanol–water partition coefficient (Wildman–Crippen LogP) is 1.54. The third-order valence-corrected chi connectivity index (χ3v) is 6.45. The van der Waals surface area contributed by atoms with Crippen LogP contribution in [0.2, 0.25) is 0 Å². The van der Waals surface area contributed by atoms with Gasteiger partial charge in [0, 0.05) is 50.9 Å². The number of hydrogen-bond donors (Lipinski definition) is 1. The van der Waals surface area contributed by atoms with Gasteiger partial charge in [0.2, 0.25) is 0 Å². The first-order chi connectivity index (χ1) is 12.1.